The minimum absolute atomic E-state index is 0.0118. The van der Waals surface area contributed by atoms with E-state index in [9.17, 15) is 29.1 Å². The molecule has 2 aromatic carbocycles. The minimum Gasteiger partial charge on any atom is -0.507 e. The molecule has 15 nitrogen and oxygen atoms in total. The van der Waals surface area contributed by atoms with E-state index >= 15 is 0 Å². The number of nitrogens with zero attached hydrogens (tertiary/aromatic N) is 6. The summed E-state index contributed by atoms with van der Waals surface area (Å²) in [6.45, 7) is 10.7. The van der Waals surface area contributed by atoms with Gasteiger partial charge in [-0.25, -0.2) is 9.59 Å². The van der Waals surface area contributed by atoms with Gasteiger partial charge < -0.3 is 39.5 Å². The minimum atomic E-state index is -1.03. The van der Waals surface area contributed by atoms with Gasteiger partial charge in [0.25, 0.3) is 5.91 Å². The van der Waals surface area contributed by atoms with Gasteiger partial charge in [-0.3, -0.25) is 24.2 Å². The smallest absolute Gasteiger partial charge is 0.410 e. The van der Waals surface area contributed by atoms with Crippen molar-refractivity contribution < 1.29 is 38.6 Å². The summed E-state index contributed by atoms with van der Waals surface area (Å²) in [6.07, 6.45) is 3.87. The van der Waals surface area contributed by atoms with Crippen LogP contribution in [0, 0.1) is 13.8 Å². The molecule has 5 amide bonds. The number of nitrogens with one attached hydrogen (secondary N) is 1. The molecule has 0 spiro atoms. The number of esters is 1. The molecule has 5 aliphatic heterocycles. The Kier molecular flexibility index (Phi) is 13.4. The zero-order valence-corrected chi connectivity index (χ0v) is 34.0. The van der Waals surface area contributed by atoms with Gasteiger partial charge >= 0.3 is 18.1 Å². The summed E-state index contributed by atoms with van der Waals surface area (Å²) in [5.41, 5.74) is 4.15. The van der Waals surface area contributed by atoms with Crippen LogP contribution in [0.15, 0.2) is 36.4 Å². The molecule has 314 valence electrons. The van der Waals surface area contributed by atoms with Gasteiger partial charge in [-0.2, -0.15) is 0 Å². The Labute approximate surface area is 341 Å². The molecule has 5 aliphatic rings. The van der Waals surface area contributed by atoms with Crippen LogP contribution in [-0.4, -0.2) is 168 Å². The van der Waals surface area contributed by atoms with Crippen LogP contribution in [0.25, 0.3) is 0 Å². The Bertz CT molecular complexity index is 1790. The van der Waals surface area contributed by atoms with Gasteiger partial charge in [0.05, 0.1) is 13.1 Å². The number of urea groups is 1. The lowest BCUT2D eigenvalue weighted by molar-refractivity contribution is -0.147. The van der Waals surface area contributed by atoms with Gasteiger partial charge in [-0.15, -0.1) is 0 Å². The number of aromatic hydroxyl groups is 1. The number of amides is 5. The molecule has 58 heavy (non-hydrogen) atoms. The van der Waals surface area contributed by atoms with Gasteiger partial charge in [0.2, 0.25) is 5.91 Å². The van der Waals surface area contributed by atoms with Crippen molar-refractivity contribution in [2.45, 2.75) is 83.4 Å². The highest BCUT2D eigenvalue weighted by Crippen LogP contribution is 2.27. The molecule has 7 rings (SSSR count). The number of ether oxygens (including phenoxy) is 2. The van der Waals surface area contributed by atoms with Crippen LogP contribution in [0.4, 0.5) is 15.3 Å². The molecule has 0 bridgehead atoms. The maximum atomic E-state index is 14.2. The first-order valence-corrected chi connectivity index (χ1v) is 21.1. The van der Waals surface area contributed by atoms with Crippen LogP contribution in [0.2, 0.25) is 0 Å². The van der Waals surface area contributed by atoms with Crippen molar-refractivity contribution in [2.75, 3.05) is 90.5 Å². The molecule has 2 aromatic rings. The van der Waals surface area contributed by atoms with Crippen molar-refractivity contribution in [3.8, 4) is 5.75 Å². The van der Waals surface area contributed by atoms with Crippen LogP contribution in [0.1, 0.15) is 60.8 Å². The first kappa shape index (κ1) is 41.3. The van der Waals surface area contributed by atoms with Crippen molar-refractivity contribution >= 4 is 35.6 Å². The number of aryl methyl sites for hydroxylation is 2. The van der Waals surface area contributed by atoms with Crippen molar-refractivity contribution in [3.05, 3.63) is 58.7 Å². The molecule has 1 atom stereocenters. The molecule has 5 heterocycles. The van der Waals surface area contributed by atoms with E-state index in [4.69, 9.17) is 9.47 Å². The first-order valence-electron chi connectivity index (χ1n) is 21.1. The third-order valence-electron chi connectivity index (χ3n) is 12.6. The van der Waals surface area contributed by atoms with Gasteiger partial charge in [-0.05, 0) is 80.7 Å². The molecule has 0 radical (unpaired) electrons. The van der Waals surface area contributed by atoms with E-state index in [0.29, 0.717) is 88.8 Å². The number of piperidine rings is 2. The van der Waals surface area contributed by atoms with Crippen LogP contribution in [0.3, 0.4) is 0 Å². The summed E-state index contributed by atoms with van der Waals surface area (Å²) in [7, 11) is 0. The molecule has 1 unspecified atom stereocenters. The third kappa shape index (κ3) is 10.0. The fourth-order valence-corrected chi connectivity index (χ4v) is 9.24. The molecule has 0 saturated carbocycles. The number of piperazine rings is 1. The van der Waals surface area contributed by atoms with Crippen molar-refractivity contribution in [2.24, 2.45) is 0 Å². The second-order valence-corrected chi connectivity index (χ2v) is 16.5. The highest BCUT2D eigenvalue weighted by atomic mass is 16.6. The highest BCUT2D eigenvalue weighted by molar-refractivity contribution is 5.91. The summed E-state index contributed by atoms with van der Waals surface area (Å²) >= 11 is 0. The zero-order chi connectivity index (χ0) is 40.8. The summed E-state index contributed by atoms with van der Waals surface area (Å²) < 4.78 is 11.5. The van der Waals surface area contributed by atoms with Crippen LogP contribution in [-0.2, 0) is 36.7 Å². The Hall–Kier alpha value is -4.89. The molecular formula is C43H59N7O8. The maximum Gasteiger partial charge on any atom is 0.410 e. The average molecular weight is 802 g/mol. The van der Waals surface area contributed by atoms with Gasteiger partial charge in [-0.1, -0.05) is 30.3 Å². The number of phenolic OH excluding ortho intramolecular Hbond substituents is 1. The van der Waals surface area contributed by atoms with E-state index < -0.39 is 12.2 Å². The monoisotopic (exact) mass is 801 g/mol. The summed E-state index contributed by atoms with van der Waals surface area (Å²) in [5.74, 6) is -0.151. The number of benzene rings is 2. The lowest BCUT2D eigenvalue weighted by atomic mass is 10.00. The molecular weight excluding hydrogens is 743 g/mol. The molecule has 0 aliphatic carbocycles. The van der Waals surface area contributed by atoms with Crippen LogP contribution < -0.4 is 5.32 Å². The van der Waals surface area contributed by atoms with E-state index in [-0.39, 0.29) is 55.2 Å². The second-order valence-electron chi connectivity index (χ2n) is 16.5. The van der Waals surface area contributed by atoms with Gasteiger partial charge in [0.15, 0.2) is 6.10 Å². The lowest BCUT2D eigenvalue weighted by Gasteiger charge is -2.43. The topological polar surface area (TPSA) is 156 Å². The number of anilines is 1. The Morgan fingerprint density at radius 2 is 1.52 bits per heavy atom. The second kappa shape index (κ2) is 18.8. The molecule has 4 fully saturated rings. The molecule has 0 aromatic heterocycles. The number of phenols is 1. The quantitative estimate of drug-likeness (QED) is 0.324. The van der Waals surface area contributed by atoms with E-state index in [1.165, 1.54) is 0 Å². The number of hydrogen-bond acceptors (Lipinski definition) is 10. The Morgan fingerprint density at radius 1 is 0.828 bits per heavy atom. The van der Waals surface area contributed by atoms with E-state index in [2.05, 4.69) is 15.1 Å². The molecule has 2 N–H and O–H groups in total. The number of para-hydroxylation sites is 1. The summed E-state index contributed by atoms with van der Waals surface area (Å²) in [4.78, 5) is 77.0. The predicted octanol–water partition coefficient (Wildman–Crippen LogP) is 3.39. The zero-order valence-electron chi connectivity index (χ0n) is 34.0. The Balaban J connectivity index is 0.895. The fourth-order valence-electron chi connectivity index (χ4n) is 9.24. The third-order valence-corrected chi connectivity index (χ3v) is 12.6. The number of likely N-dealkylation sites (tertiary alicyclic amines) is 3. The highest BCUT2D eigenvalue weighted by Gasteiger charge is 2.37. The average Bonchev–Trinajstić information content (AvgIpc) is 3.55. The van der Waals surface area contributed by atoms with Crippen molar-refractivity contribution in [3.63, 3.8) is 0 Å². The van der Waals surface area contributed by atoms with E-state index in [1.54, 1.807) is 14.7 Å². The van der Waals surface area contributed by atoms with Crippen molar-refractivity contribution in [1.82, 2.24) is 29.4 Å². The van der Waals surface area contributed by atoms with Crippen LogP contribution >= 0.6 is 0 Å². The number of carbonyl (C=O) groups is 5. The lowest BCUT2D eigenvalue weighted by Crippen LogP contribution is -2.57. The summed E-state index contributed by atoms with van der Waals surface area (Å²) in [6, 6.07) is 11.7. The fraction of sp³-hybridized carbons (Fsp3) is 0.605. The van der Waals surface area contributed by atoms with Gasteiger partial charge in [0, 0.05) is 96.1 Å². The number of rotatable bonds is 11. The number of carbonyl (C=O) groups excluding carboxylic acids is 5. The van der Waals surface area contributed by atoms with Crippen molar-refractivity contribution in [1.29, 1.82) is 0 Å². The molecule has 4 saturated heterocycles. The standard InChI is InChI=1S/C43H59N7O8/c1-30-26-32(27-31(2)40(30)53)28-37(58-43(56)49-17-12-35(13-18-49)50-19-9-33-6-3-4-7-36(33)44-42(50)55)41(54)48-22-20-46(21-23-48)34-10-15-45(16-11-34)29-39(52)57-25-24-47-14-5-8-38(47)51/h3-4,6-7,26-27,34-35,37,53H,5,8-25,28-29H2,1-2H3,(H,44,55). The van der Waals surface area contributed by atoms with Crippen LogP contribution in [0.5, 0.6) is 5.75 Å². The Morgan fingerprint density at radius 3 is 2.21 bits per heavy atom. The number of fused-ring (bicyclic) bond motifs is 1. The normalized spacial score (nSPS) is 20.7. The van der Waals surface area contributed by atoms with E-state index in [1.807, 2.05) is 55.1 Å². The largest absolute Gasteiger partial charge is 0.507 e. The summed E-state index contributed by atoms with van der Waals surface area (Å²) in [5, 5.41) is 13.5. The van der Waals surface area contributed by atoms with Gasteiger partial charge in [0.1, 0.15) is 12.4 Å². The first-order chi connectivity index (χ1) is 28.0. The maximum absolute atomic E-state index is 14.2. The van der Waals surface area contributed by atoms with E-state index in [0.717, 1.165) is 62.1 Å². The molecule has 15 heteroatoms. The number of hydrogen-bond donors (Lipinski definition) is 2. The SMILES string of the molecule is Cc1cc(CC(OC(=O)N2CCC(N3CCc4ccccc4NC3=O)CC2)C(=O)N2CCN(C3CCN(CC(=O)OCCN4CCCC4=O)CC3)CC2)cc(C)c1O. The predicted molar refractivity (Wildman–Crippen MR) is 216 cm³/mol.